The SMILES string of the molecule is CCC(CO)NCc1c(Br)ccc(OC)c1OCc1ccc(F)cc1Cl. The Morgan fingerprint density at radius 3 is 2.69 bits per heavy atom. The molecule has 0 radical (unpaired) electrons. The Bertz CT molecular complexity index is 741. The van der Waals surface area contributed by atoms with E-state index in [0.717, 1.165) is 16.5 Å². The van der Waals surface area contributed by atoms with Crippen molar-refractivity contribution < 1.29 is 19.0 Å². The molecule has 0 aliphatic heterocycles. The topological polar surface area (TPSA) is 50.7 Å². The molecule has 0 fully saturated rings. The molecule has 0 heterocycles. The lowest BCUT2D eigenvalue weighted by molar-refractivity contribution is 0.236. The summed E-state index contributed by atoms with van der Waals surface area (Å²) >= 11 is 9.62. The zero-order valence-electron chi connectivity index (χ0n) is 14.7. The standard InChI is InChI=1S/C19H22BrClFNO3/c1-3-14(10-24)23-9-15-16(20)6-7-18(25-2)19(15)26-11-12-4-5-13(22)8-17(12)21/h4-8,14,23-24H,3,9-11H2,1-2H3. The molecule has 4 nitrogen and oxygen atoms in total. The lowest BCUT2D eigenvalue weighted by atomic mass is 10.1. The van der Waals surface area contributed by atoms with Crippen molar-refractivity contribution >= 4 is 27.5 Å². The molecular formula is C19H22BrClFNO3. The van der Waals surface area contributed by atoms with Crippen LogP contribution in [0.4, 0.5) is 4.39 Å². The average molecular weight is 447 g/mol. The van der Waals surface area contributed by atoms with Gasteiger partial charge in [-0.1, -0.05) is 40.5 Å². The molecule has 1 unspecified atom stereocenters. The molecule has 2 N–H and O–H groups in total. The molecule has 0 aliphatic rings. The molecule has 142 valence electrons. The van der Waals surface area contributed by atoms with Gasteiger partial charge in [0.1, 0.15) is 12.4 Å². The fraction of sp³-hybridized carbons (Fsp3) is 0.368. The monoisotopic (exact) mass is 445 g/mol. The molecule has 0 aliphatic carbocycles. The van der Waals surface area contributed by atoms with Crippen molar-refractivity contribution in [1.29, 1.82) is 0 Å². The van der Waals surface area contributed by atoms with Gasteiger partial charge in [-0.15, -0.1) is 0 Å². The van der Waals surface area contributed by atoms with E-state index in [0.29, 0.717) is 28.6 Å². The maximum absolute atomic E-state index is 13.2. The Hall–Kier alpha value is -1.34. The van der Waals surface area contributed by atoms with Crippen LogP contribution >= 0.6 is 27.5 Å². The molecule has 1 atom stereocenters. The van der Waals surface area contributed by atoms with Crippen LogP contribution in [-0.4, -0.2) is 24.9 Å². The minimum absolute atomic E-state index is 0.00695. The van der Waals surface area contributed by atoms with Crippen molar-refractivity contribution in [1.82, 2.24) is 5.32 Å². The van der Waals surface area contributed by atoms with Crippen LogP contribution in [0.5, 0.6) is 11.5 Å². The highest BCUT2D eigenvalue weighted by atomic mass is 79.9. The van der Waals surface area contributed by atoms with E-state index in [2.05, 4.69) is 21.2 Å². The smallest absolute Gasteiger partial charge is 0.167 e. The highest BCUT2D eigenvalue weighted by Gasteiger charge is 2.16. The Labute approximate surface area is 166 Å². The molecule has 26 heavy (non-hydrogen) atoms. The summed E-state index contributed by atoms with van der Waals surface area (Å²) < 4.78 is 25.5. The molecule has 0 amide bonds. The number of nitrogens with one attached hydrogen (secondary N) is 1. The van der Waals surface area contributed by atoms with E-state index in [9.17, 15) is 9.50 Å². The zero-order chi connectivity index (χ0) is 19.1. The Morgan fingerprint density at radius 2 is 2.08 bits per heavy atom. The van der Waals surface area contributed by atoms with E-state index in [4.69, 9.17) is 21.1 Å². The Balaban J connectivity index is 2.25. The van der Waals surface area contributed by atoms with Crippen LogP contribution in [0.3, 0.4) is 0 Å². The van der Waals surface area contributed by atoms with Crippen LogP contribution in [0.15, 0.2) is 34.8 Å². The number of aliphatic hydroxyl groups is 1. The first-order valence-electron chi connectivity index (χ1n) is 8.26. The summed E-state index contributed by atoms with van der Waals surface area (Å²) in [5, 5.41) is 13.0. The number of aliphatic hydroxyl groups excluding tert-OH is 1. The molecule has 0 saturated heterocycles. The molecule has 0 saturated carbocycles. The third-order valence-electron chi connectivity index (χ3n) is 4.05. The van der Waals surface area contributed by atoms with Gasteiger partial charge >= 0.3 is 0 Å². The molecule has 0 spiro atoms. The number of hydrogen-bond donors (Lipinski definition) is 2. The van der Waals surface area contributed by atoms with E-state index >= 15 is 0 Å². The lowest BCUT2D eigenvalue weighted by Crippen LogP contribution is -2.31. The zero-order valence-corrected chi connectivity index (χ0v) is 17.0. The largest absolute Gasteiger partial charge is 0.493 e. The summed E-state index contributed by atoms with van der Waals surface area (Å²) in [5.41, 5.74) is 1.55. The fourth-order valence-corrected chi connectivity index (χ4v) is 3.11. The van der Waals surface area contributed by atoms with Gasteiger partial charge < -0.3 is 19.9 Å². The number of halogens is 3. The first kappa shape index (κ1) is 21.0. The minimum atomic E-state index is -0.390. The summed E-state index contributed by atoms with van der Waals surface area (Å²) in [5.74, 6) is 0.765. The van der Waals surface area contributed by atoms with E-state index in [1.165, 1.54) is 12.1 Å². The first-order valence-corrected chi connectivity index (χ1v) is 9.43. The van der Waals surface area contributed by atoms with Crippen LogP contribution in [-0.2, 0) is 13.2 Å². The van der Waals surface area contributed by atoms with Crippen molar-refractivity contribution in [3.63, 3.8) is 0 Å². The maximum atomic E-state index is 13.2. The summed E-state index contributed by atoms with van der Waals surface area (Å²) in [4.78, 5) is 0. The van der Waals surface area contributed by atoms with Gasteiger partial charge in [0, 0.05) is 28.2 Å². The summed E-state index contributed by atoms with van der Waals surface area (Å²) in [7, 11) is 1.57. The third-order valence-corrected chi connectivity index (χ3v) is 5.15. The highest BCUT2D eigenvalue weighted by molar-refractivity contribution is 9.10. The molecule has 2 rings (SSSR count). The van der Waals surface area contributed by atoms with Gasteiger partial charge in [0.25, 0.3) is 0 Å². The van der Waals surface area contributed by atoms with E-state index in [-0.39, 0.29) is 19.3 Å². The number of methoxy groups -OCH3 is 1. The van der Waals surface area contributed by atoms with E-state index in [1.54, 1.807) is 19.2 Å². The van der Waals surface area contributed by atoms with Crippen molar-refractivity contribution in [3.8, 4) is 11.5 Å². The predicted octanol–water partition coefficient (Wildman–Crippen LogP) is 4.69. The highest BCUT2D eigenvalue weighted by Crippen LogP contribution is 2.37. The Morgan fingerprint density at radius 1 is 1.31 bits per heavy atom. The molecular weight excluding hydrogens is 425 g/mol. The van der Waals surface area contributed by atoms with Crippen LogP contribution in [0, 0.1) is 5.82 Å². The number of benzene rings is 2. The first-order chi connectivity index (χ1) is 12.5. The quantitative estimate of drug-likeness (QED) is 0.587. The van der Waals surface area contributed by atoms with Crippen molar-refractivity contribution in [2.45, 2.75) is 32.5 Å². The second-order valence-electron chi connectivity index (χ2n) is 5.75. The van der Waals surface area contributed by atoms with Crippen LogP contribution in [0.25, 0.3) is 0 Å². The van der Waals surface area contributed by atoms with Crippen molar-refractivity contribution in [3.05, 3.63) is 56.8 Å². The van der Waals surface area contributed by atoms with Gasteiger partial charge in [0.15, 0.2) is 11.5 Å². The van der Waals surface area contributed by atoms with Gasteiger partial charge in [-0.3, -0.25) is 0 Å². The molecule has 7 heteroatoms. The molecule has 0 aromatic heterocycles. The lowest BCUT2D eigenvalue weighted by Gasteiger charge is -2.20. The Kier molecular flexibility index (Phi) is 8.15. The van der Waals surface area contributed by atoms with Crippen molar-refractivity contribution in [2.24, 2.45) is 0 Å². The molecule has 2 aromatic carbocycles. The predicted molar refractivity (Wildman–Crippen MR) is 104 cm³/mol. The molecule has 2 aromatic rings. The summed E-state index contributed by atoms with van der Waals surface area (Å²) in [6, 6.07) is 7.88. The van der Waals surface area contributed by atoms with Gasteiger partial charge in [-0.25, -0.2) is 4.39 Å². The van der Waals surface area contributed by atoms with Gasteiger partial charge in [-0.2, -0.15) is 0 Å². The summed E-state index contributed by atoms with van der Waals surface area (Å²) in [6.45, 7) is 2.72. The van der Waals surface area contributed by atoms with Gasteiger partial charge in [0.05, 0.1) is 18.7 Å². The number of rotatable bonds is 9. The normalized spacial score (nSPS) is 12.1. The van der Waals surface area contributed by atoms with Crippen LogP contribution < -0.4 is 14.8 Å². The summed E-state index contributed by atoms with van der Waals surface area (Å²) in [6.07, 6.45) is 0.805. The van der Waals surface area contributed by atoms with Gasteiger partial charge in [0.2, 0.25) is 0 Å². The van der Waals surface area contributed by atoms with Gasteiger partial charge in [-0.05, 0) is 30.7 Å². The second-order valence-corrected chi connectivity index (χ2v) is 7.01. The molecule has 0 bridgehead atoms. The van der Waals surface area contributed by atoms with Crippen LogP contribution in [0.1, 0.15) is 24.5 Å². The third kappa shape index (κ3) is 5.33. The minimum Gasteiger partial charge on any atom is -0.493 e. The number of ether oxygens (including phenoxy) is 2. The average Bonchev–Trinajstić information content (AvgIpc) is 2.63. The van der Waals surface area contributed by atoms with Crippen LogP contribution in [0.2, 0.25) is 5.02 Å². The van der Waals surface area contributed by atoms with Crippen molar-refractivity contribution in [2.75, 3.05) is 13.7 Å². The second kappa shape index (κ2) is 10.1. The number of hydrogen-bond acceptors (Lipinski definition) is 4. The maximum Gasteiger partial charge on any atom is 0.167 e. The fourth-order valence-electron chi connectivity index (χ4n) is 2.44. The van der Waals surface area contributed by atoms with E-state index < -0.39 is 5.82 Å². The van der Waals surface area contributed by atoms with E-state index in [1.807, 2.05) is 13.0 Å².